The zero-order valence-electron chi connectivity index (χ0n) is 14.4. The highest BCUT2D eigenvalue weighted by Crippen LogP contribution is 2.38. The van der Waals surface area contributed by atoms with Gasteiger partial charge in [0.2, 0.25) is 0 Å². The number of ketones is 1. The Bertz CT molecular complexity index is 678. The third kappa shape index (κ3) is 3.37. The van der Waals surface area contributed by atoms with Crippen LogP contribution in [0.1, 0.15) is 60.9 Å². The van der Waals surface area contributed by atoms with Gasteiger partial charge in [-0.1, -0.05) is 31.2 Å². The van der Waals surface area contributed by atoms with Gasteiger partial charge in [0.15, 0.2) is 0 Å². The van der Waals surface area contributed by atoms with E-state index in [1.54, 1.807) is 0 Å². The summed E-state index contributed by atoms with van der Waals surface area (Å²) in [6, 6.07) is 4.37. The van der Waals surface area contributed by atoms with E-state index < -0.39 is 6.09 Å². The minimum absolute atomic E-state index is 0.117. The summed E-state index contributed by atoms with van der Waals surface area (Å²) in [7, 11) is 1.38. The Balaban J connectivity index is 1.89. The van der Waals surface area contributed by atoms with Crippen LogP contribution in [0.25, 0.3) is 6.08 Å². The second-order valence-electron chi connectivity index (χ2n) is 6.67. The van der Waals surface area contributed by atoms with Crippen LogP contribution in [0, 0.1) is 5.92 Å². The van der Waals surface area contributed by atoms with Gasteiger partial charge in [-0.2, -0.15) is 0 Å². The minimum atomic E-state index is -0.423. The van der Waals surface area contributed by atoms with Crippen LogP contribution in [0.4, 0.5) is 4.79 Å². The number of nitrogens with one attached hydrogen (secondary N) is 1. The third-order valence-corrected chi connectivity index (χ3v) is 5.19. The first-order valence-corrected chi connectivity index (χ1v) is 8.82. The number of ether oxygens (including phenoxy) is 1. The molecule has 1 amide bonds. The zero-order valence-corrected chi connectivity index (χ0v) is 14.4. The van der Waals surface area contributed by atoms with Crippen molar-refractivity contribution < 1.29 is 14.3 Å². The van der Waals surface area contributed by atoms with E-state index in [0.717, 1.165) is 24.8 Å². The summed E-state index contributed by atoms with van der Waals surface area (Å²) in [6.07, 6.45) is 9.16. The number of rotatable bonds is 5. The standard InChI is InChI=1S/C20H25NO3/c1-3-17(22)10-9-13-7-8-16-11-14-5-4-6-15(14)12-18(16)19(13)21-20(23)24-2/h7-8,11-13,19H,3-6,9-10H2,1-2H3,(H,21,23)/t13-,19+/m1/s1. The van der Waals surface area contributed by atoms with Crippen LogP contribution in [-0.4, -0.2) is 19.0 Å². The van der Waals surface area contributed by atoms with E-state index in [-0.39, 0.29) is 17.7 Å². The van der Waals surface area contributed by atoms with E-state index in [4.69, 9.17) is 4.74 Å². The number of methoxy groups -OCH3 is 1. The number of hydrogen-bond donors (Lipinski definition) is 1. The Kier molecular flexibility index (Phi) is 5.03. The number of alkyl carbamates (subject to hydrolysis) is 1. The van der Waals surface area contributed by atoms with Gasteiger partial charge >= 0.3 is 6.09 Å². The quantitative estimate of drug-likeness (QED) is 0.890. The molecule has 24 heavy (non-hydrogen) atoms. The molecule has 1 aromatic rings. The summed E-state index contributed by atoms with van der Waals surface area (Å²) in [5.41, 5.74) is 5.14. The van der Waals surface area contributed by atoms with Crippen LogP contribution in [0.2, 0.25) is 0 Å². The number of Topliss-reactive ketones (excluding diaryl/α,β-unsaturated/α-hetero) is 1. The molecule has 4 heteroatoms. The van der Waals surface area contributed by atoms with Crippen molar-refractivity contribution in [1.29, 1.82) is 0 Å². The van der Waals surface area contributed by atoms with Crippen molar-refractivity contribution in [2.45, 2.75) is 51.5 Å². The lowest BCUT2D eigenvalue weighted by Crippen LogP contribution is -2.34. The van der Waals surface area contributed by atoms with Crippen LogP contribution < -0.4 is 5.32 Å². The summed E-state index contributed by atoms with van der Waals surface area (Å²) in [6.45, 7) is 1.89. The van der Waals surface area contributed by atoms with Crippen LogP contribution in [0.15, 0.2) is 18.2 Å². The second kappa shape index (κ2) is 7.20. The molecule has 0 fully saturated rings. The van der Waals surface area contributed by atoms with E-state index in [9.17, 15) is 9.59 Å². The molecular weight excluding hydrogens is 302 g/mol. The van der Waals surface area contributed by atoms with Gasteiger partial charge in [-0.25, -0.2) is 4.79 Å². The summed E-state index contributed by atoms with van der Waals surface area (Å²) < 4.78 is 4.81. The largest absolute Gasteiger partial charge is 0.453 e. The molecule has 2 atom stereocenters. The number of carbonyl (C=O) groups is 2. The molecule has 0 bridgehead atoms. The van der Waals surface area contributed by atoms with Crippen molar-refractivity contribution in [2.75, 3.05) is 7.11 Å². The first-order valence-electron chi connectivity index (χ1n) is 8.82. The molecule has 3 rings (SSSR count). The fourth-order valence-corrected chi connectivity index (χ4v) is 3.78. The average Bonchev–Trinajstić information content (AvgIpc) is 3.06. The van der Waals surface area contributed by atoms with Crippen LogP contribution in [-0.2, 0) is 22.4 Å². The SMILES string of the molecule is CCC(=O)CC[C@H]1C=Cc2cc3c(cc2[C@H]1NC(=O)OC)CCC3. The lowest BCUT2D eigenvalue weighted by atomic mass is 9.80. The van der Waals surface area contributed by atoms with Gasteiger partial charge < -0.3 is 10.1 Å². The predicted octanol–water partition coefficient (Wildman–Crippen LogP) is 3.97. The molecule has 0 spiro atoms. The number of carbonyl (C=O) groups excluding carboxylic acids is 2. The summed E-state index contributed by atoms with van der Waals surface area (Å²) in [5, 5.41) is 2.98. The van der Waals surface area contributed by atoms with Crippen molar-refractivity contribution in [3.63, 3.8) is 0 Å². The van der Waals surface area contributed by atoms with Gasteiger partial charge in [0.25, 0.3) is 0 Å². The van der Waals surface area contributed by atoms with Crippen molar-refractivity contribution >= 4 is 18.0 Å². The van der Waals surface area contributed by atoms with Crippen molar-refractivity contribution in [3.05, 3.63) is 40.5 Å². The zero-order chi connectivity index (χ0) is 17.1. The first-order chi connectivity index (χ1) is 11.6. The average molecular weight is 327 g/mol. The normalized spacial score (nSPS) is 21.1. The molecule has 1 aromatic carbocycles. The fourth-order valence-electron chi connectivity index (χ4n) is 3.78. The number of benzene rings is 1. The molecule has 0 aliphatic heterocycles. The molecule has 1 N–H and O–H groups in total. The Morgan fingerprint density at radius 2 is 2.00 bits per heavy atom. The summed E-state index contributed by atoms with van der Waals surface area (Å²) in [5.74, 6) is 0.381. The monoisotopic (exact) mass is 327 g/mol. The smallest absolute Gasteiger partial charge is 0.407 e. The highest BCUT2D eigenvalue weighted by Gasteiger charge is 2.29. The molecule has 0 saturated carbocycles. The van der Waals surface area contributed by atoms with Gasteiger partial charge in [-0.05, 0) is 47.9 Å². The maximum Gasteiger partial charge on any atom is 0.407 e. The molecule has 128 valence electrons. The summed E-state index contributed by atoms with van der Waals surface area (Å²) >= 11 is 0. The molecule has 0 radical (unpaired) electrons. The minimum Gasteiger partial charge on any atom is -0.453 e. The number of fused-ring (bicyclic) bond motifs is 2. The van der Waals surface area contributed by atoms with E-state index in [0.29, 0.717) is 12.8 Å². The van der Waals surface area contributed by atoms with E-state index in [1.807, 2.05) is 6.92 Å². The molecule has 0 unspecified atom stereocenters. The van der Waals surface area contributed by atoms with Crippen LogP contribution >= 0.6 is 0 Å². The van der Waals surface area contributed by atoms with Crippen molar-refractivity contribution in [3.8, 4) is 0 Å². The molecule has 2 aliphatic rings. The highest BCUT2D eigenvalue weighted by atomic mass is 16.5. The van der Waals surface area contributed by atoms with Gasteiger partial charge in [0, 0.05) is 18.8 Å². The number of hydrogen-bond acceptors (Lipinski definition) is 3. The van der Waals surface area contributed by atoms with Crippen LogP contribution in [0.5, 0.6) is 0 Å². The third-order valence-electron chi connectivity index (χ3n) is 5.19. The van der Waals surface area contributed by atoms with Crippen LogP contribution in [0.3, 0.4) is 0 Å². The summed E-state index contributed by atoms with van der Waals surface area (Å²) in [4.78, 5) is 23.5. The molecule has 4 nitrogen and oxygen atoms in total. The van der Waals surface area contributed by atoms with Crippen molar-refractivity contribution in [1.82, 2.24) is 5.32 Å². The lowest BCUT2D eigenvalue weighted by molar-refractivity contribution is -0.119. The molecule has 0 aromatic heterocycles. The Morgan fingerprint density at radius 1 is 1.25 bits per heavy atom. The molecule has 0 saturated heterocycles. The maximum atomic E-state index is 11.8. The Labute approximate surface area is 143 Å². The highest BCUT2D eigenvalue weighted by molar-refractivity contribution is 5.78. The van der Waals surface area contributed by atoms with Gasteiger partial charge in [0.05, 0.1) is 13.2 Å². The first kappa shape index (κ1) is 16.7. The van der Waals surface area contributed by atoms with Gasteiger partial charge in [-0.15, -0.1) is 0 Å². The Morgan fingerprint density at radius 3 is 2.71 bits per heavy atom. The lowest BCUT2D eigenvalue weighted by Gasteiger charge is -2.31. The predicted molar refractivity (Wildman–Crippen MR) is 93.8 cm³/mol. The Hall–Kier alpha value is -2.10. The fraction of sp³-hybridized carbons (Fsp3) is 0.500. The van der Waals surface area contributed by atoms with Crippen molar-refractivity contribution in [2.24, 2.45) is 5.92 Å². The molecule has 2 aliphatic carbocycles. The van der Waals surface area contributed by atoms with E-state index >= 15 is 0 Å². The number of aryl methyl sites for hydroxylation is 2. The molecule has 0 heterocycles. The maximum absolute atomic E-state index is 11.8. The van der Waals surface area contributed by atoms with Gasteiger partial charge in [0.1, 0.15) is 5.78 Å². The topological polar surface area (TPSA) is 55.4 Å². The molecular formula is C20H25NO3. The second-order valence-corrected chi connectivity index (χ2v) is 6.67. The number of amides is 1. The van der Waals surface area contributed by atoms with Gasteiger partial charge in [-0.3, -0.25) is 4.79 Å². The van der Waals surface area contributed by atoms with E-state index in [2.05, 4.69) is 29.6 Å². The van der Waals surface area contributed by atoms with E-state index in [1.165, 1.54) is 30.2 Å².